The lowest BCUT2D eigenvalue weighted by Crippen LogP contribution is -2.28. The molecule has 5 heteroatoms. The Hall–Kier alpha value is -2.82. The molecule has 1 atom stereocenters. The van der Waals surface area contributed by atoms with Gasteiger partial charge in [0.1, 0.15) is 0 Å². The molecule has 1 fully saturated rings. The molecule has 2 amide bonds. The number of hydrogen-bond donors (Lipinski definition) is 1. The van der Waals surface area contributed by atoms with Crippen molar-refractivity contribution >= 4 is 23.2 Å². The van der Waals surface area contributed by atoms with Gasteiger partial charge in [-0.2, -0.15) is 0 Å². The fourth-order valence-electron chi connectivity index (χ4n) is 3.10. The molecule has 1 aliphatic heterocycles. The van der Waals surface area contributed by atoms with Crippen molar-refractivity contribution < 1.29 is 9.59 Å². The summed E-state index contributed by atoms with van der Waals surface area (Å²) in [4.78, 5) is 28.6. The Morgan fingerprint density at radius 1 is 1.12 bits per heavy atom. The molecule has 1 heterocycles. The van der Waals surface area contributed by atoms with Gasteiger partial charge in [0.15, 0.2) is 0 Å². The van der Waals surface area contributed by atoms with Gasteiger partial charge in [-0.25, -0.2) is 0 Å². The van der Waals surface area contributed by atoms with Crippen LogP contribution in [0.4, 0.5) is 11.4 Å². The first kappa shape index (κ1) is 18.0. The Kier molecular flexibility index (Phi) is 5.26. The molecule has 0 aromatic heterocycles. The van der Waals surface area contributed by atoms with Gasteiger partial charge in [0, 0.05) is 45.0 Å². The monoisotopic (exact) mass is 351 g/mol. The number of hydrogen-bond acceptors (Lipinski definition) is 3. The Labute approximate surface area is 154 Å². The van der Waals surface area contributed by atoms with E-state index in [1.54, 1.807) is 4.90 Å². The molecule has 1 aliphatic rings. The van der Waals surface area contributed by atoms with Gasteiger partial charge in [0.05, 0.1) is 5.92 Å². The molecule has 0 spiro atoms. The summed E-state index contributed by atoms with van der Waals surface area (Å²) in [6.45, 7) is 3.06. The average molecular weight is 351 g/mol. The summed E-state index contributed by atoms with van der Waals surface area (Å²) < 4.78 is 0. The quantitative estimate of drug-likeness (QED) is 0.901. The molecule has 0 aliphatic carbocycles. The standard InChI is InChI=1S/C21H25N3O2/c1-15-4-6-16(7-5-15)13-24-14-17(12-20(24)25)21(26)22-18-8-10-19(11-9-18)23(2)3/h4-11,17H,12-14H2,1-3H3,(H,22,26). The second-order valence-corrected chi connectivity index (χ2v) is 7.09. The zero-order valence-corrected chi connectivity index (χ0v) is 15.5. The number of likely N-dealkylation sites (tertiary alicyclic amines) is 1. The van der Waals surface area contributed by atoms with Gasteiger partial charge in [-0.15, -0.1) is 0 Å². The van der Waals surface area contributed by atoms with Crippen molar-refractivity contribution in [1.29, 1.82) is 0 Å². The number of carbonyl (C=O) groups is 2. The summed E-state index contributed by atoms with van der Waals surface area (Å²) >= 11 is 0. The van der Waals surface area contributed by atoms with Crippen LogP contribution in [0.25, 0.3) is 0 Å². The predicted molar refractivity (Wildman–Crippen MR) is 104 cm³/mol. The normalized spacial score (nSPS) is 16.7. The molecule has 2 aromatic carbocycles. The molecule has 0 radical (unpaired) electrons. The smallest absolute Gasteiger partial charge is 0.229 e. The minimum Gasteiger partial charge on any atom is -0.378 e. The maximum absolute atomic E-state index is 12.5. The second-order valence-electron chi connectivity index (χ2n) is 7.09. The van der Waals surface area contributed by atoms with Gasteiger partial charge in [-0.1, -0.05) is 29.8 Å². The maximum atomic E-state index is 12.5. The summed E-state index contributed by atoms with van der Waals surface area (Å²) in [5.74, 6) is -0.363. The van der Waals surface area contributed by atoms with Crippen molar-refractivity contribution in [1.82, 2.24) is 4.90 Å². The van der Waals surface area contributed by atoms with Crippen LogP contribution in [-0.2, 0) is 16.1 Å². The highest BCUT2D eigenvalue weighted by Crippen LogP contribution is 2.23. The molecule has 2 aromatic rings. The first-order chi connectivity index (χ1) is 12.4. The van der Waals surface area contributed by atoms with Crippen molar-refractivity contribution in [3.05, 3.63) is 59.7 Å². The first-order valence-electron chi connectivity index (χ1n) is 8.84. The SMILES string of the molecule is Cc1ccc(CN2CC(C(=O)Nc3ccc(N(C)C)cc3)CC2=O)cc1. The molecule has 1 N–H and O–H groups in total. The van der Waals surface area contributed by atoms with Crippen molar-refractivity contribution in [3.8, 4) is 0 Å². The second kappa shape index (κ2) is 7.60. The molecule has 1 unspecified atom stereocenters. The van der Waals surface area contributed by atoms with Crippen LogP contribution in [0.2, 0.25) is 0 Å². The molecule has 1 saturated heterocycles. The molecular weight excluding hydrogens is 326 g/mol. The van der Waals surface area contributed by atoms with E-state index in [4.69, 9.17) is 0 Å². The first-order valence-corrected chi connectivity index (χ1v) is 8.84. The summed E-state index contributed by atoms with van der Waals surface area (Å²) in [5.41, 5.74) is 4.11. The van der Waals surface area contributed by atoms with Crippen LogP contribution in [0.3, 0.4) is 0 Å². The van der Waals surface area contributed by atoms with Gasteiger partial charge < -0.3 is 15.1 Å². The summed E-state index contributed by atoms with van der Waals surface area (Å²) in [7, 11) is 3.95. The lowest BCUT2D eigenvalue weighted by molar-refractivity contribution is -0.128. The number of aryl methyl sites for hydroxylation is 1. The highest BCUT2D eigenvalue weighted by Gasteiger charge is 2.34. The van der Waals surface area contributed by atoms with Gasteiger partial charge in [0.25, 0.3) is 0 Å². The van der Waals surface area contributed by atoms with E-state index in [0.717, 1.165) is 16.9 Å². The summed E-state index contributed by atoms with van der Waals surface area (Å²) in [5, 5.41) is 2.93. The average Bonchev–Trinajstić information content (AvgIpc) is 2.98. The van der Waals surface area contributed by atoms with Gasteiger partial charge in [-0.3, -0.25) is 9.59 Å². The number of benzene rings is 2. The van der Waals surface area contributed by atoms with Gasteiger partial charge in [0.2, 0.25) is 11.8 Å². The fraction of sp³-hybridized carbons (Fsp3) is 0.333. The fourth-order valence-corrected chi connectivity index (χ4v) is 3.10. The van der Waals surface area contributed by atoms with E-state index in [1.807, 2.05) is 74.4 Å². The number of rotatable bonds is 5. The number of carbonyl (C=O) groups excluding carboxylic acids is 2. The molecular formula is C21H25N3O2. The highest BCUT2D eigenvalue weighted by atomic mass is 16.2. The largest absolute Gasteiger partial charge is 0.378 e. The van der Waals surface area contributed by atoms with E-state index in [9.17, 15) is 9.59 Å². The van der Waals surface area contributed by atoms with Crippen LogP contribution < -0.4 is 10.2 Å². The topological polar surface area (TPSA) is 52.7 Å². The van der Waals surface area contributed by atoms with E-state index in [2.05, 4.69) is 5.32 Å². The van der Waals surface area contributed by atoms with E-state index in [-0.39, 0.29) is 24.2 Å². The molecule has 3 rings (SSSR count). The molecule has 0 saturated carbocycles. The maximum Gasteiger partial charge on any atom is 0.229 e. The molecule has 0 bridgehead atoms. The van der Waals surface area contributed by atoms with Gasteiger partial charge in [-0.05, 0) is 36.8 Å². The van der Waals surface area contributed by atoms with Crippen LogP contribution in [0.15, 0.2) is 48.5 Å². The molecule has 5 nitrogen and oxygen atoms in total. The lowest BCUT2D eigenvalue weighted by atomic mass is 10.1. The molecule has 136 valence electrons. The minimum absolute atomic E-state index is 0.0358. The van der Waals surface area contributed by atoms with Crippen LogP contribution in [0.5, 0.6) is 0 Å². The molecule has 26 heavy (non-hydrogen) atoms. The van der Waals surface area contributed by atoms with Crippen molar-refractivity contribution in [2.45, 2.75) is 19.9 Å². The van der Waals surface area contributed by atoms with E-state index in [1.165, 1.54) is 5.56 Å². The lowest BCUT2D eigenvalue weighted by Gasteiger charge is -2.17. The number of anilines is 2. The third-order valence-corrected chi connectivity index (χ3v) is 4.73. The van der Waals surface area contributed by atoms with Crippen molar-refractivity contribution in [2.24, 2.45) is 5.92 Å². The van der Waals surface area contributed by atoms with Crippen LogP contribution in [0.1, 0.15) is 17.5 Å². The zero-order valence-electron chi connectivity index (χ0n) is 15.5. The number of nitrogens with one attached hydrogen (secondary N) is 1. The third-order valence-electron chi connectivity index (χ3n) is 4.73. The zero-order chi connectivity index (χ0) is 18.7. The Morgan fingerprint density at radius 2 is 1.77 bits per heavy atom. The Morgan fingerprint density at radius 3 is 2.38 bits per heavy atom. The van der Waals surface area contributed by atoms with Crippen molar-refractivity contribution in [2.75, 3.05) is 30.9 Å². The van der Waals surface area contributed by atoms with Crippen LogP contribution in [0, 0.1) is 12.8 Å². The van der Waals surface area contributed by atoms with E-state index < -0.39 is 0 Å². The summed E-state index contributed by atoms with van der Waals surface area (Å²) in [6, 6.07) is 15.8. The Balaban J connectivity index is 1.58. The highest BCUT2D eigenvalue weighted by molar-refractivity contribution is 5.97. The van der Waals surface area contributed by atoms with E-state index in [0.29, 0.717) is 13.1 Å². The number of nitrogens with zero attached hydrogens (tertiary/aromatic N) is 2. The predicted octanol–water partition coefficient (Wildman–Crippen LogP) is 3.05. The van der Waals surface area contributed by atoms with E-state index >= 15 is 0 Å². The third kappa shape index (κ3) is 4.23. The van der Waals surface area contributed by atoms with Crippen molar-refractivity contribution in [3.63, 3.8) is 0 Å². The van der Waals surface area contributed by atoms with Crippen LogP contribution in [-0.4, -0.2) is 37.4 Å². The Bertz CT molecular complexity index is 782. The minimum atomic E-state index is -0.304. The number of amides is 2. The van der Waals surface area contributed by atoms with Gasteiger partial charge >= 0.3 is 0 Å². The van der Waals surface area contributed by atoms with Crippen LogP contribution >= 0.6 is 0 Å². The summed E-state index contributed by atoms with van der Waals surface area (Å²) in [6.07, 6.45) is 0.271.